The van der Waals surface area contributed by atoms with E-state index in [0.29, 0.717) is 11.8 Å². The summed E-state index contributed by atoms with van der Waals surface area (Å²) in [5.74, 6) is 0.336. The van der Waals surface area contributed by atoms with Crippen LogP contribution in [0.1, 0.15) is 32.4 Å². The zero-order valence-electron chi connectivity index (χ0n) is 11.9. The van der Waals surface area contributed by atoms with Crippen LogP contribution in [0.4, 0.5) is 0 Å². The molecular formula is C15H23BrN2O. The predicted octanol–water partition coefficient (Wildman–Crippen LogP) is 3.15. The van der Waals surface area contributed by atoms with E-state index in [0.717, 1.165) is 30.7 Å². The lowest BCUT2D eigenvalue weighted by Gasteiger charge is -2.43. The van der Waals surface area contributed by atoms with E-state index in [1.54, 1.807) is 6.07 Å². The molecule has 0 radical (unpaired) electrons. The van der Waals surface area contributed by atoms with Crippen molar-refractivity contribution in [1.82, 2.24) is 10.2 Å². The van der Waals surface area contributed by atoms with Crippen molar-refractivity contribution >= 4 is 15.9 Å². The van der Waals surface area contributed by atoms with Gasteiger partial charge in [0.05, 0.1) is 0 Å². The highest BCUT2D eigenvalue weighted by molar-refractivity contribution is 9.10. The second-order valence-corrected chi connectivity index (χ2v) is 7.11. The van der Waals surface area contributed by atoms with E-state index < -0.39 is 0 Å². The second-order valence-electron chi connectivity index (χ2n) is 6.26. The Bertz CT molecular complexity index is 436. The minimum Gasteiger partial charge on any atom is -0.508 e. The van der Waals surface area contributed by atoms with Crippen molar-refractivity contribution in [3.63, 3.8) is 0 Å². The van der Waals surface area contributed by atoms with E-state index >= 15 is 0 Å². The van der Waals surface area contributed by atoms with Gasteiger partial charge in [-0.15, -0.1) is 0 Å². The van der Waals surface area contributed by atoms with Crippen LogP contribution in [0.15, 0.2) is 22.7 Å². The first-order chi connectivity index (χ1) is 8.89. The van der Waals surface area contributed by atoms with E-state index in [4.69, 9.17) is 0 Å². The molecular weight excluding hydrogens is 304 g/mol. The Kier molecular flexibility index (Phi) is 4.54. The molecule has 106 valence electrons. The summed E-state index contributed by atoms with van der Waals surface area (Å²) >= 11 is 3.64. The maximum Gasteiger partial charge on any atom is 0.115 e. The van der Waals surface area contributed by atoms with Crippen LogP contribution in [0.3, 0.4) is 0 Å². The van der Waals surface area contributed by atoms with Gasteiger partial charge in [0.15, 0.2) is 0 Å². The van der Waals surface area contributed by atoms with E-state index in [9.17, 15) is 5.11 Å². The zero-order valence-corrected chi connectivity index (χ0v) is 13.5. The first-order valence-electron chi connectivity index (χ1n) is 6.83. The molecule has 0 aromatic heterocycles. The molecule has 0 spiro atoms. The highest BCUT2D eigenvalue weighted by Gasteiger charge is 2.33. The highest BCUT2D eigenvalue weighted by atomic mass is 79.9. The number of hydrogen-bond donors (Lipinski definition) is 2. The maximum atomic E-state index is 9.80. The first kappa shape index (κ1) is 14.8. The van der Waals surface area contributed by atoms with Gasteiger partial charge in [-0.05, 0) is 29.2 Å². The van der Waals surface area contributed by atoms with Gasteiger partial charge in [-0.2, -0.15) is 0 Å². The summed E-state index contributed by atoms with van der Waals surface area (Å²) in [6, 6.07) is 5.86. The summed E-state index contributed by atoms with van der Waals surface area (Å²) in [5, 5.41) is 13.2. The van der Waals surface area contributed by atoms with E-state index in [2.05, 4.69) is 46.9 Å². The van der Waals surface area contributed by atoms with Crippen molar-refractivity contribution in [1.29, 1.82) is 0 Å². The number of phenolic OH excluding ortho intramolecular Hbond substituents is 1. The Balaban J connectivity index is 2.39. The van der Waals surface area contributed by atoms with Crippen LogP contribution >= 0.6 is 15.9 Å². The molecule has 1 fully saturated rings. The Labute approximate surface area is 124 Å². The Morgan fingerprint density at radius 3 is 2.47 bits per heavy atom. The van der Waals surface area contributed by atoms with Crippen LogP contribution in [0.2, 0.25) is 0 Å². The van der Waals surface area contributed by atoms with Crippen LogP contribution in [0.5, 0.6) is 5.75 Å². The predicted molar refractivity (Wildman–Crippen MR) is 82.4 cm³/mol. The van der Waals surface area contributed by atoms with Gasteiger partial charge in [-0.1, -0.05) is 36.7 Å². The fraction of sp³-hybridized carbons (Fsp3) is 0.600. The number of rotatable bonds is 2. The van der Waals surface area contributed by atoms with Crippen molar-refractivity contribution in [2.75, 3.05) is 26.2 Å². The molecule has 1 aliphatic rings. The molecule has 2 rings (SSSR count). The molecule has 0 amide bonds. The van der Waals surface area contributed by atoms with Gasteiger partial charge < -0.3 is 10.4 Å². The number of piperazine rings is 1. The molecule has 3 nitrogen and oxygen atoms in total. The summed E-state index contributed by atoms with van der Waals surface area (Å²) in [7, 11) is 0. The van der Waals surface area contributed by atoms with Crippen LogP contribution < -0.4 is 5.32 Å². The average molecular weight is 327 g/mol. The van der Waals surface area contributed by atoms with Gasteiger partial charge in [0, 0.05) is 36.7 Å². The third kappa shape index (κ3) is 3.50. The van der Waals surface area contributed by atoms with E-state index in [1.807, 2.05) is 12.1 Å². The lowest BCUT2D eigenvalue weighted by molar-refractivity contribution is 0.0856. The number of phenols is 1. The summed E-state index contributed by atoms with van der Waals surface area (Å²) in [5.41, 5.74) is 1.29. The summed E-state index contributed by atoms with van der Waals surface area (Å²) in [4.78, 5) is 2.51. The van der Waals surface area contributed by atoms with Crippen molar-refractivity contribution in [3.8, 4) is 5.75 Å². The number of benzene rings is 1. The molecule has 0 bridgehead atoms. The molecule has 1 heterocycles. The number of halogens is 1. The Morgan fingerprint density at radius 1 is 1.26 bits per heavy atom. The molecule has 0 unspecified atom stereocenters. The van der Waals surface area contributed by atoms with Gasteiger partial charge in [-0.25, -0.2) is 0 Å². The number of nitrogens with zero attached hydrogens (tertiary/aromatic N) is 1. The van der Waals surface area contributed by atoms with Gasteiger partial charge >= 0.3 is 0 Å². The molecule has 0 saturated carbocycles. The number of hydrogen-bond acceptors (Lipinski definition) is 3. The van der Waals surface area contributed by atoms with Crippen molar-refractivity contribution in [2.24, 2.45) is 5.41 Å². The molecule has 1 aliphatic heterocycles. The molecule has 4 heteroatoms. The first-order valence-corrected chi connectivity index (χ1v) is 7.62. The minimum absolute atomic E-state index is 0.119. The van der Waals surface area contributed by atoms with Crippen molar-refractivity contribution < 1.29 is 5.11 Å². The summed E-state index contributed by atoms with van der Waals surface area (Å²) < 4.78 is 1.07. The minimum atomic E-state index is 0.119. The number of aromatic hydroxyl groups is 1. The second kappa shape index (κ2) is 5.81. The number of nitrogens with one attached hydrogen (secondary N) is 1. The van der Waals surface area contributed by atoms with Crippen LogP contribution in [0, 0.1) is 5.41 Å². The van der Waals surface area contributed by atoms with Crippen molar-refractivity contribution in [3.05, 3.63) is 28.2 Å². The molecule has 1 aromatic rings. The smallest absolute Gasteiger partial charge is 0.115 e. The van der Waals surface area contributed by atoms with Crippen LogP contribution in [-0.2, 0) is 0 Å². The monoisotopic (exact) mass is 326 g/mol. The van der Waals surface area contributed by atoms with E-state index in [-0.39, 0.29) is 5.41 Å². The highest BCUT2D eigenvalue weighted by Crippen LogP contribution is 2.42. The van der Waals surface area contributed by atoms with E-state index in [1.165, 1.54) is 5.56 Å². The molecule has 2 N–H and O–H groups in total. The fourth-order valence-corrected chi connectivity index (χ4v) is 3.36. The SMILES string of the molecule is CC(C)(C)[C@@H](c1cc(O)ccc1Br)N1CCNCC1. The third-order valence-electron chi connectivity index (χ3n) is 3.61. The average Bonchev–Trinajstić information content (AvgIpc) is 2.33. The molecule has 1 saturated heterocycles. The standard InChI is InChI=1S/C15H23BrN2O/c1-15(2,3)14(18-8-6-17-7-9-18)12-10-11(19)4-5-13(12)16/h4-5,10,14,17,19H,6-9H2,1-3H3/t14-/m1/s1. The molecule has 0 aliphatic carbocycles. The van der Waals surface area contributed by atoms with Gasteiger partial charge in [-0.3, -0.25) is 4.90 Å². The Hall–Kier alpha value is -0.580. The lowest BCUT2D eigenvalue weighted by atomic mass is 9.81. The largest absolute Gasteiger partial charge is 0.508 e. The van der Waals surface area contributed by atoms with Crippen LogP contribution in [-0.4, -0.2) is 36.2 Å². The Morgan fingerprint density at radius 2 is 1.89 bits per heavy atom. The topological polar surface area (TPSA) is 35.5 Å². The lowest BCUT2D eigenvalue weighted by Crippen LogP contribution is -2.48. The van der Waals surface area contributed by atoms with Gasteiger partial charge in [0.25, 0.3) is 0 Å². The zero-order chi connectivity index (χ0) is 14.0. The molecule has 1 aromatic carbocycles. The summed E-state index contributed by atoms with van der Waals surface area (Å²) in [6.45, 7) is 10.9. The molecule has 19 heavy (non-hydrogen) atoms. The summed E-state index contributed by atoms with van der Waals surface area (Å²) in [6.07, 6.45) is 0. The van der Waals surface area contributed by atoms with Gasteiger partial charge in [0.1, 0.15) is 5.75 Å². The fourth-order valence-electron chi connectivity index (χ4n) is 2.89. The quantitative estimate of drug-likeness (QED) is 0.876. The normalized spacial score (nSPS) is 19.4. The third-order valence-corrected chi connectivity index (χ3v) is 4.33. The van der Waals surface area contributed by atoms with Crippen molar-refractivity contribution in [2.45, 2.75) is 26.8 Å². The molecule has 1 atom stereocenters. The van der Waals surface area contributed by atoms with Crippen LogP contribution in [0.25, 0.3) is 0 Å². The maximum absolute atomic E-state index is 9.80. The van der Waals surface area contributed by atoms with Gasteiger partial charge in [0.2, 0.25) is 0 Å².